The maximum absolute atomic E-state index is 14.8. The lowest BCUT2D eigenvalue weighted by atomic mass is 9.73. The van der Waals surface area contributed by atoms with Crippen molar-refractivity contribution in [2.75, 3.05) is 31.1 Å². The number of aliphatic hydroxyl groups excluding tert-OH is 1. The summed E-state index contributed by atoms with van der Waals surface area (Å²) in [7, 11) is 0. The summed E-state index contributed by atoms with van der Waals surface area (Å²) in [6.07, 6.45) is 10.3. The van der Waals surface area contributed by atoms with Gasteiger partial charge in [-0.15, -0.1) is 0 Å². The third-order valence-corrected chi connectivity index (χ3v) is 10.0. The van der Waals surface area contributed by atoms with E-state index in [9.17, 15) is 19.5 Å². The minimum Gasteiger partial charge on any atom is -0.396 e. The Morgan fingerprint density at radius 2 is 1.57 bits per heavy atom. The van der Waals surface area contributed by atoms with E-state index in [1.807, 2.05) is 98.5 Å². The lowest BCUT2D eigenvalue weighted by molar-refractivity contribution is -0.150. The number of unbranched alkanes of at least 4 members (excludes halogenated alkanes) is 2. The predicted molar refractivity (Wildman–Crippen MR) is 169 cm³/mol. The van der Waals surface area contributed by atoms with Crippen molar-refractivity contribution in [3.8, 4) is 0 Å². The van der Waals surface area contributed by atoms with Gasteiger partial charge in [-0.2, -0.15) is 0 Å². The molecule has 0 radical (unpaired) electrons. The van der Waals surface area contributed by atoms with Crippen molar-refractivity contribution < 1.29 is 24.2 Å². The molecule has 0 saturated carbocycles. The van der Waals surface area contributed by atoms with Crippen LogP contribution in [0.3, 0.4) is 0 Å². The lowest BCUT2D eigenvalue weighted by Crippen LogP contribution is -2.56. The molecule has 4 aliphatic rings. The average molecular weight is 598 g/mol. The lowest BCUT2D eigenvalue weighted by Gasteiger charge is -2.39. The predicted octanol–water partition coefficient (Wildman–Crippen LogP) is 4.33. The smallest absolute Gasteiger partial charge is 0.253 e. The number of aliphatic hydroxyl groups is 1. The molecule has 0 bridgehead atoms. The molecule has 2 saturated heterocycles. The second-order valence-corrected chi connectivity index (χ2v) is 12.6. The number of fused-ring (bicyclic) bond motifs is 2. The van der Waals surface area contributed by atoms with E-state index in [1.165, 1.54) is 0 Å². The van der Waals surface area contributed by atoms with Crippen LogP contribution < -0.4 is 4.90 Å². The third kappa shape index (κ3) is 4.79. The van der Waals surface area contributed by atoms with Crippen molar-refractivity contribution in [3.63, 3.8) is 0 Å². The second-order valence-electron chi connectivity index (χ2n) is 12.6. The van der Waals surface area contributed by atoms with Crippen molar-refractivity contribution in [1.29, 1.82) is 0 Å². The molecular formula is C36H43N3O5. The molecule has 5 atom stereocenters. The number of carbonyl (C=O) groups is 3. The first kappa shape index (κ1) is 30.3. The van der Waals surface area contributed by atoms with Gasteiger partial charge in [0.15, 0.2) is 0 Å². The molecule has 2 aromatic carbocycles. The van der Waals surface area contributed by atoms with Crippen LogP contribution in [-0.4, -0.2) is 76.1 Å². The van der Waals surface area contributed by atoms with Crippen LogP contribution in [0.4, 0.5) is 5.69 Å². The Morgan fingerprint density at radius 3 is 2.27 bits per heavy atom. The number of nitrogens with zero attached hydrogens (tertiary/aromatic N) is 3. The Balaban J connectivity index is 1.45. The van der Waals surface area contributed by atoms with Gasteiger partial charge in [0, 0.05) is 38.5 Å². The highest BCUT2D eigenvalue weighted by molar-refractivity contribution is 6.06. The van der Waals surface area contributed by atoms with Crippen LogP contribution in [-0.2, 0) is 25.7 Å². The molecule has 2 fully saturated rings. The molecule has 6 rings (SSSR count). The minimum absolute atomic E-state index is 0.0776. The van der Waals surface area contributed by atoms with E-state index in [0.29, 0.717) is 45.4 Å². The normalized spacial score (nSPS) is 29.5. The summed E-state index contributed by atoms with van der Waals surface area (Å²) >= 11 is 0. The molecular weight excluding hydrogens is 554 g/mol. The summed E-state index contributed by atoms with van der Waals surface area (Å²) in [5.74, 6) is -2.11. The summed E-state index contributed by atoms with van der Waals surface area (Å²) in [4.78, 5) is 49.4. The molecule has 0 aromatic heterocycles. The molecule has 1 N–H and O–H groups in total. The molecule has 4 aliphatic heterocycles. The van der Waals surface area contributed by atoms with Gasteiger partial charge in [0.25, 0.3) is 5.91 Å². The SMILES string of the molecule is CC[C@]12C=CCN(Cc3ccccc3)C(=O)[C@H]1[C@H]1C(=O)N(CCCCCO)C3C(=O)N(c4c(C)cccc4C)CC=C[C@@]31O2. The topological polar surface area (TPSA) is 90.4 Å². The van der Waals surface area contributed by atoms with E-state index < -0.39 is 29.1 Å². The van der Waals surface area contributed by atoms with Crippen molar-refractivity contribution in [1.82, 2.24) is 9.80 Å². The number of rotatable bonds is 9. The molecule has 44 heavy (non-hydrogen) atoms. The van der Waals surface area contributed by atoms with Gasteiger partial charge in [0.05, 0.1) is 17.4 Å². The van der Waals surface area contributed by atoms with Crippen LogP contribution in [0.1, 0.15) is 49.3 Å². The van der Waals surface area contributed by atoms with Gasteiger partial charge in [-0.3, -0.25) is 14.4 Å². The fraction of sp³-hybridized carbons (Fsp3) is 0.472. The van der Waals surface area contributed by atoms with Crippen molar-refractivity contribution >= 4 is 23.4 Å². The van der Waals surface area contributed by atoms with Gasteiger partial charge in [0.2, 0.25) is 11.8 Å². The molecule has 1 unspecified atom stereocenters. The second kappa shape index (κ2) is 12.0. The monoisotopic (exact) mass is 597 g/mol. The zero-order valence-corrected chi connectivity index (χ0v) is 25.9. The minimum atomic E-state index is -1.28. The van der Waals surface area contributed by atoms with Gasteiger partial charge < -0.3 is 24.5 Å². The summed E-state index contributed by atoms with van der Waals surface area (Å²) in [6.45, 7) is 7.62. The van der Waals surface area contributed by atoms with Crippen LogP contribution in [0, 0.1) is 25.7 Å². The van der Waals surface area contributed by atoms with Crippen molar-refractivity contribution in [2.24, 2.45) is 11.8 Å². The largest absolute Gasteiger partial charge is 0.396 e. The van der Waals surface area contributed by atoms with Gasteiger partial charge in [-0.1, -0.05) is 79.8 Å². The zero-order valence-electron chi connectivity index (χ0n) is 25.9. The van der Waals surface area contributed by atoms with E-state index >= 15 is 0 Å². The van der Waals surface area contributed by atoms with Gasteiger partial charge in [-0.05, 0) is 56.2 Å². The molecule has 4 heterocycles. The maximum atomic E-state index is 14.8. The first-order chi connectivity index (χ1) is 21.3. The highest BCUT2D eigenvalue weighted by Gasteiger charge is 2.75. The Labute approximate surface area is 260 Å². The highest BCUT2D eigenvalue weighted by Crippen LogP contribution is 2.58. The first-order valence-corrected chi connectivity index (χ1v) is 15.9. The fourth-order valence-electron chi connectivity index (χ4n) is 8.00. The molecule has 0 aliphatic carbocycles. The molecule has 2 aromatic rings. The van der Waals surface area contributed by atoms with E-state index in [4.69, 9.17) is 4.74 Å². The van der Waals surface area contributed by atoms with Crippen molar-refractivity contribution in [2.45, 2.75) is 70.2 Å². The Hall–Kier alpha value is -3.75. The van der Waals surface area contributed by atoms with Gasteiger partial charge in [-0.25, -0.2) is 0 Å². The quantitative estimate of drug-likeness (QED) is 0.344. The number of hydrogen-bond acceptors (Lipinski definition) is 5. The summed E-state index contributed by atoms with van der Waals surface area (Å²) in [6, 6.07) is 14.9. The number of aryl methyl sites for hydroxylation is 2. The van der Waals surface area contributed by atoms with E-state index in [0.717, 1.165) is 28.8 Å². The highest BCUT2D eigenvalue weighted by atomic mass is 16.5. The Kier molecular flexibility index (Phi) is 8.24. The molecule has 1 spiro atoms. The standard InChI is InChI=1S/C36H43N3O5/c1-4-35-18-12-20-37(24-27-16-7-5-8-17-27)32(41)28(35)29-33(42)39(21-9-6-10-23-40)31-34(43)38(22-13-19-36(29,31)44-35)30-25(2)14-11-15-26(30)3/h5,7-8,11-19,28-29,31,40H,4,6,9-10,20-24H2,1-3H3/t28-,29+,31?,35+,36+/m1/s1. The number of amides is 3. The van der Waals surface area contributed by atoms with Gasteiger partial charge >= 0.3 is 0 Å². The molecule has 8 nitrogen and oxygen atoms in total. The van der Waals surface area contributed by atoms with Crippen molar-refractivity contribution in [3.05, 3.63) is 89.5 Å². The zero-order chi connectivity index (χ0) is 31.1. The number of anilines is 1. The number of hydrogen-bond donors (Lipinski definition) is 1. The maximum Gasteiger partial charge on any atom is 0.253 e. The van der Waals surface area contributed by atoms with E-state index in [1.54, 1.807) is 9.80 Å². The fourth-order valence-corrected chi connectivity index (χ4v) is 8.00. The number of likely N-dealkylation sites (tertiary alicyclic amines) is 1. The summed E-state index contributed by atoms with van der Waals surface area (Å²) in [5, 5.41) is 9.37. The van der Waals surface area contributed by atoms with E-state index in [-0.39, 0.29) is 24.3 Å². The summed E-state index contributed by atoms with van der Waals surface area (Å²) < 4.78 is 7.12. The number of benzene rings is 2. The summed E-state index contributed by atoms with van der Waals surface area (Å²) in [5.41, 5.74) is 1.53. The Morgan fingerprint density at radius 1 is 0.841 bits per heavy atom. The van der Waals surface area contributed by atoms with Crippen LogP contribution in [0.25, 0.3) is 0 Å². The third-order valence-electron chi connectivity index (χ3n) is 10.0. The van der Waals surface area contributed by atoms with Crippen LogP contribution in [0.5, 0.6) is 0 Å². The Bertz CT molecular complexity index is 1470. The average Bonchev–Trinajstić information content (AvgIpc) is 3.31. The first-order valence-electron chi connectivity index (χ1n) is 15.9. The molecule has 8 heteroatoms. The van der Waals surface area contributed by atoms with E-state index in [2.05, 4.69) is 0 Å². The number of ether oxygens (including phenoxy) is 1. The molecule has 3 amide bonds. The van der Waals surface area contributed by atoms with Crippen LogP contribution in [0.2, 0.25) is 0 Å². The van der Waals surface area contributed by atoms with Gasteiger partial charge in [0.1, 0.15) is 11.6 Å². The van der Waals surface area contributed by atoms with Crippen LogP contribution in [0.15, 0.2) is 72.8 Å². The number of para-hydroxylation sites is 1. The molecule has 232 valence electrons. The van der Waals surface area contributed by atoms with Crippen LogP contribution >= 0.6 is 0 Å². The number of carbonyl (C=O) groups excluding carboxylic acids is 3.